The van der Waals surface area contributed by atoms with Crippen LogP contribution in [0.3, 0.4) is 0 Å². The number of esters is 1. The van der Waals surface area contributed by atoms with Gasteiger partial charge in [-0.1, -0.05) is 64.7 Å². The number of fused-ring (bicyclic) bond motifs is 2. The molecule has 202 valence electrons. The standard InChI is InChI=1S/C29H38O7S/c1-4-6-7-8-9-10-11-12-13-14-17-35-26-20-22(37(3,32)33)19-24-27(30)23-18-21(29(31)34-5-2)15-16-25(23)36-28(24)26/h15-16,18-20H,4-14,17H2,1-3H3. The fourth-order valence-corrected chi connectivity index (χ4v) is 4.99. The first-order chi connectivity index (χ1) is 17.8. The molecule has 0 aliphatic rings. The van der Waals surface area contributed by atoms with Crippen LogP contribution in [-0.4, -0.2) is 33.9 Å². The quantitative estimate of drug-likeness (QED) is 0.121. The Labute approximate surface area is 219 Å². The lowest BCUT2D eigenvalue weighted by molar-refractivity contribution is 0.0526. The summed E-state index contributed by atoms with van der Waals surface area (Å²) in [6.45, 7) is 4.52. The van der Waals surface area contributed by atoms with E-state index < -0.39 is 21.2 Å². The number of rotatable bonds is 15. The van der Waals surface area contributed by atoms with Gasteiger partial charge in [0.2, 0.25) is 5.43 Å². The number of carbonyl (C=O) groups excluding carboxylic acids is 1. The molecule has 0 atom stereocenters. The van der Waals surface area contributed by atoms with Crippen molar-refractivity contribution in [1.29, 1.82) is 0 Å². The van der Waals surface area contributed by atoms with Crippen LogP contribution in [0.1, 0.15) is 88.4 Å². The van der Waals surface area contributed by atoms with Crippen LogP contribution in [-0.2, 0) is 14.6 Å². The zero-order valence-corrected chi connectivity index (χ0v) is 23.0. The molecule has 37 heavy (non-hydrogen) atoms. The van der Waals surface area contributed by atoms with E-state index in [1.54, 1.807) is 13.0 Å². The van der Waals surface area contributed by atoms with Gasteiger partial charge in [0, 0.05) is 12.3 Å². The molecule has 0 aliphatic heterocycles. The van der Waals surface area contributed by atoms with E-state index in [2.05, 4.69) is 6.92 Å². The highest BCUT2D eigenvalue weighted by atomic mass is 32.2. The maximum Gasteiger partial charge on any atom is 0.338 e. The molecule has 0 saturated carbocycles. The second-order valence-corrected chi connectivity index (χ2v) is 11.5. The highest BCUT2D eigenvalue weighted by Crippen LogP contribution is 2.31. The number of carbonyl (C=O) groups is 1. The normalized spacial score (nSPS) is 11.8. The summed E-state index contributed by atoms with van der Waals surface area (Å²) in [5.74, 6) is -0.323. The number of hydrogen-bond acceptors (Lipinski definition) is 7. The summed E-state index contributed by atoms with van der Waals surface area (Å²) in [6, 6.07) is 7.20. The van der Waals surface area contributed by atoms with E-state index in [1.165, 1.54) is 69.2 Å². The molecule has 0 amide bonds. The Balaban J connectivity index is 1.77. The van der Waals surface area contributed by atoms with Gasteiger partial charge in [0.1, 0.15) is 5.58 Å². The molecule has 0 N–H and O–H groups in total. The van der Waals surface area contributed by atoms with Gasteiger partial charge in [0.15, 0.2) is 21.2 Å². The maximum absolute atomic E-state index is 13.3. The van der Waals surface area contributed by atoms with Gasteiger partial charge in [-0.15, -0.1) is 0 Å². The minimum atomic E-state index is -3.60. The van der Waals surface area contributed by atoms with Crippen LogP contribution in [0.15, 0.2) is 44.4 Å². The Hall–Kier alpha value is -2.87. The summed E-state index contributed by atoms with van der Waals surface area (Å²) in [7, 11) is -3.60. The third-order valence-corrected chi connectivity index (χ3v) is 7.50. The second kappa shape index (κ2) is 13.6. The van der Waals surface area contributed by atoms with Crippen molar-refractivity contribution in [2.45, 2.75) is 83.0 Å². The van der Waals surface area contributed by atoms with Crippen LogP contribution in [0.4, 0.5) is 0 Å². The molecular weight excluding hydrogens is 492 g/mol. The van der Waals surface area contributed by atoms with Crippen molar-refractivity contribution in [3.05, 3.63) is 46.1 Å². The molecule has 7 nitrogen and oxygen atoms in total. The Morgan fingerprint density at radius 1 is 0.865 bits per heavy atom. The predicted molar refractivity (Wildman–Crippen MR) is 146 cm³/mol. The van der Waals surface area contributed by atoms with E-state index in [9.17, 15) is 18.0 Å². The number of unbranched alkanes of at least 4 members (excludes halogenated alkanes) is 9. The molecule has 1 aromatic heterocycles. The molecule has 0 saturated heterocycles. The topological polar surface area (TPSA) is 99.9 Å². The van der Waals surface area contributed by atoms with Crippen molar-refractivity contribution >= 4 is 37.7 Å². The van der Waals surface area contributed by atoms with Gasteiger partial charge >= 0.3 is 5.97 Å². The first-order valence-electron chi connectivity index (χ1n) is 13.3. The summed E-state index contributed by atoms with van der Waals surface area (Å²) in [5.41, 5.74) is 0.261. The fraction of sp³-hybridized carbons (Fsp3) is 0.517. The molecule has 0 radical (unpaired) electrons. The van der Waals surface area contributed by atoms with E-state index in [4.69, 9.17) is 13.9 Å². The molecular formula is C29H38O7S. The number of benzene rings is 2. The molecule has 0 unspecified atom stereocenters. The summed E-state index contributed by atoms with van der Waals surface area (Å²) in [6.07, 6.45) is 13.0. The van der Waals surface area contributed by atoms with Crippen molar-refractivity contribution in [2.75, 3.05) is 19.5 Å². The van der Waals surface area contributed by atoms with E-state index in [0.717, 1.165) is 25.5 Å². The summed E-state index contributed by atoms with van der Waals surface area (Å²) < 4.78 is 41.6. The molecule has 2 aromatic carbocycles. The first kappa shape index (κ1) is 28.7. The molecule has 1 heterocycles. The van der Waals surface area contributed by atoms with Crippen molar-refractivity contribution in [3.63, 3.8) is 0 Å². The van der Waals surface area contributed by atoms with Gasteiger partial charge in [0.05, 0.1) is 34.4 Å². The minimum Gasteiger partial charge on any atom is -0.490 e. The molecule has 0 aliphatic carbocycles. The fourth-order valence-electron chi connectivity index (χ4n) is 4.34. The van der Waals surface area contributed by atoms with Crippen molar-refractivity contribution in [3.8, 4) is 5.75 Å². The average Bonchev–Trinajstić information content (AvgIpc) is 2.87. The second-order valence-electron chi connectivity index (χ2n) is 9.46. The minimum absolute atomic E-state index is 0.0220. The lowest BCUT2D eigenvalue weighted by Crippen LogP contribution is -2.09. The zero-order valence-electron chi connectivity index (χ0n) is 22.1. The third kappa shape index (κ3) is 7.81. The number of sulfone groups is 1. The number of ether oxygens (including phenoxy) is 2. The lowest BCUT2D eigenvalue weighted by Gasteiger charge is -2.12. The van der Waals surface area contributed by atoms with E-state index in [1.807, 2.05) is 0 Å². The Morgan fingerprint density at radius 2 is 1.51 bits per heavy atom. The summed E-state index contributed by atoms with van der Waals surface area (Å²) in [5, 5.41) is 0.263. The van der Waals surface area contributed by atoms with Gasteiger partial charge in [-0.2, -0.15) is 0 Å². The third-order valence-electron chi connectivity index (χ3n) is 6.40. The van der Waals surface area contributed by atoms with Gasteiger partial charge in [-0.25, -0.2) is 13.2 Å². The average molecular weight is 531 g/mol. The van der Waals surface area contributed by atoms with Crippen LogP contribution < -0.4 is 10.2 Å². The zero-order chi connectivity index (χ0) is 26.8. The van der Waals surface area contributed by atoms with Gasteiger partial charge in [-0.05, 0) is 37.6 Å². The highest BCUT2D eigenvalue weighted by Gasteiger charge is 2.19. The predicted octanol–water partition coefficient (Wildman–Crippen LogP) is 6.83. The van der Waals surface area contributed by atoms with Crippen LogP contribution in [0.5, 0.6) is 5.75 Å². The molecule has 3 aromatic rings. The largest absolute Gasteiger partial charge is 0.490 e. The Morgan fingerprint density at radius 3 is 2.14 bits per heavy atom. The number of hydrogen-bond donors (Lipinski definition) is 0. The highest BCUT2D eigenvalue weighted by molar-refractivity contribution is 7.90. The first-order valence-corrected chi connectivity index (χ1v) is 15.2. The van der Waals surface area contributed by atoms with Crippen LogP contribution >= 0.6 is 0 Å². The van der Waals surface area contributed by atoms with Crippen LogP contribution in [0.2, 0.25) is 0 Å². The van der Waals surface area contributed by atoms with Gasteiger partial charge < -0.3 is 13.9 Å². The summed E-state index contributed by atoms with van der Waals surface area (Å²) >= 11 is 0. The van der Waals surface area contributed by atoms with E-state index in [0.29, 0.717) is 6.61 Å². The van der Waals surface area contributed by atoms with Crippen LogP contribution in [0, 0.1) is 0 Å². The van der Waals surface area contributed by atoms with Gasteiger partial charge in [-0.3, -0.25) is 4.79 Å². The molecule has 0 fully saturated rings. The van der Waals surface area contributed by atoms with Gasteiger partial charge in [0.25, 0.3) is 0 Å². The van der Waals surface area contributed by atoms with Crippen molar-refractivity contribution < 1.29 is 27.1 Å². The van der Waals surface area contributed by atoms with E-state index >= 15 is 0 Å². The molecule has 3 rings (SSSR count). The van der Waals surface area contributed by atoms with Crippen molar-refractivity contribution in [1.82, 2.24) is 0 Å². The Kier molecular flexibility index (Phi) is 10.6. The van der Waals surface area contributed by atoms with Crippen LogP contribution in [0.25, 0.3) is 21.9 Å². The Bertz CT molecular complexity index is 1370. The summed E-state index contributed by atoms with van der Waals surface area (Å²) in [4.78, 5) is 25.5. The smallest absolute Gasteiger partial charge is 0.338 e. The maximum atomic E-state index is 13.3. The molecule has 0 bridgehead atoms. The lowest BCUT2D eigenvalue weighted by atomic mass is 10.1. The van der Waals surface area contributed by atoms with E-state index in [-0.39, 0.29) is 44.8 Å². The molecule has 8 heteroatoms. The molecule has 0 spiro atoms. The SMILES string of the molecule is CCCCCCCCCCCCOc1cc(S(C)(=O)=O)cc2c(=O)c3cc(C(=O)OCC)ccc3oc12. The van der Waals surface area contributed by atoms with Crippen molar-refractivity contribution in [2.24, 2.45) is 0 Å². The monoisotopic (exact) mass is 530 g/mol.